The summed E-state index contributed by atoms with van der Waals surface area (Å²) in [5, 5.41) is 22.7. The van der Waals surface area contributed by atoms with Crippen molar-refractivity contribution in [1.29, 1.82) is 0 Å². The summed E-state index contributed by atoms with van der Waals surface area (Å²) in [4.78, 5) is 9.18. The second-order valence-corrected chi connectivity index (χ2v) is 9.39. The van der Waals surface area contributed by atoms with E-state index in [1.165, 1.54) is 25.7 Å². The van der Waals surface area contributed by atoms with Gasteiger partial charge in [0, 0.05) is 12.1 Å². The maximum atomic E-state index is 13.3. The molecule has 0 spiro atoms. The van der Waals surface area contributed by atoms with Crippen molar-refractivity contribution in [2.24, 2.45) is 5.92 Å². The monoisotopic (exact) mass is 523 g/mol. The average molecular weight is 524 g/mol. The normalized spacial score (nSPS) is 14.0. The Labute approximate surface area is 218 Å². The lowest BCUT2D eigenvalue weighted by Crippen LogP contribution is -2.15. The van der Waals surface area contributed by atoms with Gasteiger partial charge in [-0.1, -0.05) is 46.0 Å². The molecule has 206 valence electrons. The highest BCUT2D eigenvalue weighted by Gasteiger charge is 2.33. The van der Waals surface area contributed by atoms with Crippen LogP contribution in [-0.2, 0) is 28.5 Å². The third-order valence-corrected chi connectivity index (χ3v) is 6.63. The topological polar surface area (TPSA) is 84.3 Å². The van der Waals surface area contributed by atoms with Gasteiger partial charge in [-0.05, 0) is 74.3 Å². The number of hydrogen-bond acceptors (Lipinski definition) is 6. The van der Waals surface area contributed by atoms with Gasteiger partial charge in [-0.25, -0.2) is 0 Å². The van der Waals surface area contributed by atoms with Crippen LogP contribution in [0.1, 0.15) is 88.8 Å². The Kier molecular flexibility index (Phi) is 12.7. The molecule has 1 unspecified atom stereocenters. The SMILES string of the molecule is CCCCCC(CC)CNc1cc2c(nn1)-c1c(O)cc(C(F)(F)F)cc1CCCCC2.CCOC=O. The molecular weight excluding hydrogens is 483 g/mol. The molecule has 37 heavy (non-hydrogen) atoms. The number of anilines is 1. The van der Waals surface area contributed by atoms with E-state index in [2.05, 4.69) is 34.1 Å². The smallest absolute Gasteiger partial charge is 0.416 e. The van der Waals surface area contributed by atoms with Crippen LogP contribution in [0.15, 0.2) is 18.2 Å². The first-order valence-corrected chi connectivity index (χ1v) is 13.3. The van der Waals surface area contributed by atoms with Crippen molar-refractivity contribution in [3.8, 4) is 17.0 Å². The first-order valence-electron chi connectivity index (χ1n) is 13.3. The maximum absolute atomic E-state index is 13.3. The minimum Gasteiger partial charge on any atom is -0.507 e. The van der Waals surface area contributed by atoms with Crippen molar-refractivity contribution in [3.63, 3.8) is 0 Å². The molecule has 0 saturated heterocycles. The van der Waals surface area contributed by atoms with E-state index >= 15 is 0 Å². The molecule has 1 aromatic carbocycles. The maximum Gasteiger partial charge on any atom is 0.416 e. The first kappa shape index (κ1) is 30.4. The number of rotatable bonds is 10. The number of aromatic nitrogens is 2. The van der Waals surface area contributed by atoms with E-state index in [9.17, 15) is 23.1 Å². The highest BCUT2D eigenvalue weighted by Crippen LogP contribution is 2.41. The number of ether oxygens (including phenoxy) is 1. The number of benzene rings is 1. The molecule has 2 aromatic rings. The van der Waals surface area contributed by atoms with Crippen LogP contribution in [0.2, 0.25) is 0 Å². The number of nitrogens with one attached hydrogen (secondary N) is 1. The van der Waals surface area contributed by atoms with Gasteiger partial charge in [-0.3, -0.25) is 4.79 Å². The number of halogens is 3. The summed E-state index contributed by atoms with van der Waals surface area (Å²) < 4.78 is 44.0. The highest BCUT2D eigenvalue weighted by atomic mass is 19.4. The summed E-state index contributed by atoms with van der Waals surface area (Å²) in [5.74, 6) is 0.874. The summed E-state index contributed by atoms with van der Waals surface area (Å²) >= 11 is 0. The van der Waals surface area contributed by atoms with Gasteiger partial charge in [-0.2, -0.15) is 13.2 Å². The Morgan fingerprint density at radius 2 is 1.78 bits per heavy atom. The van der Waals surface area contributed by atoms with Crippen LogP contribution in [0.5, 0.6) is 5.75 Å². The molecule has 1 heterocycles. The van der Waals surface area contributed by atoms with Gasteiger partial charge in [-0.15, -0.1) is 10.2 Å². The molecule has 9 heteroatoms. The average Bonchev–Trinajstić information content (AvgIpc) is 2.95. The number of nitrogens with zero attached hydrogens (tertiary/aromatic N) is 2. The lowest BCUT2D eigenvalue weighted by molar-refractivity contribution is -0.137. The molecule has 3 rings (SSSR count). The Hall–Kier alpha value is -2.84. The Morgan fingerprint density at radius 3 is 2.38 bits per heavy atom. The summed E-state index contributed by atoms with van der Waals surface area (Å²) in [6.07, 6.45) is 5.29. The fraction of sp³-hybridized carbons (Fsp3) is 0.607. The minimum atomic E-state index is -4.50. The van der Waals surface area contributed by atoms with E-state index in [0.29, 0.717) is 48.1 Å². The van der Waals surface area contributed by atoms with E-state index in [1.807, 2.05) is 6.07 Å². The molecule has 6 nitrogen and oxygen atoms in total. The van der Waals surface area contributed by atoms with Crippen LogP contribution < -0.4 is 5.32 Å². The molecule has 0 aliphatic heterocycles. The van der Waals surface area contributed by atoms with Gasteiger partial charge in [0.05, 0.1) is 12.2 Å². The van der Waals surface area contributed by atoms with Gasteiger partial charge in [0.25, 0.3) is 6.47 Å². The molecule has 1 atom stereocenters. The first-order chi connectivity index (χ1) is 17.7. The summed E-state index contributed by atoms with van der Waals surface area (Å²) in [5.41, 5.74) is 1.46. The number of alkyl halides is 3. The lowest BCUT2D eigenvalue weighted by atomic mass is 9.94. The van der Waals surface area contributed by atoms with Crippen LogP contribution in [-0.4, -0.2) is 34.9 Å². The molecule has 2 N–H and O–H groups in total. The summed E-state index contributed by atoms with van der Waals surface area (Å²) in [6, 6.07) is 3.91. The van der Waals surface area contributed by atoms with Crippen LogP contribution >= 0.6 is 0 Å². The van der Waals surface area contributed by atoms with Crippen LogP contribution in [0.4, 0.5) is 19.0 Å². The molecule has 0 bridgehead atoms. The molecule has 0 radical (unpaired) electrons. The Bertz CT molecular complexity index is 983. The number of phenolic OH excluding ortho intramolecular Hbond substituents is 1. The van der Waals surface area contributed by atoms with Gasteiger partial charge >= 0.3 is 6.18 Å². The standard InChI is InChI=1S/C25H34F3N3O.C3H6O2/c1-3-5-7-10-17(4-2)16-29-22-14-19-12-9-6-8-11-18-13-20(25(26,27)28)15-21(32)23(18)24(19)31-30-22;1-2-5-3-4/h13-15,17,32H,3-12,16H2,1-2H3,(H,29,30);3H,2H2,1H3. The zero-order chi connectivity index (χ0) is 27.3. The van der Waals surface area contributed by atoms with E-state index in [0.717, 1.165) is 56.3 Å². The Morgan fingerprint density at radius 1 is 1.05 bits per heavy atom. The number of phenols is 1. The minimum absolute atomic E-state index is 0.380. The number of fused-ring (bicyclic) bond motifs is 3. The van der Waals surface area contributed by atoms with E-state index < -0.39 is 11.7 Å². The second kappa shape index (κ2) is 15.4. The number of unbranched alkanes of at least 4 members (excludes halogenated alkanes) is 2. The fourth-order valence-corrected chi connectivity index (χ4v) is 4.50. The molecule has 1 aromatic heterocycles. The number of aryl methyl sites for hydroxylation is 2. The van der Waals surface area contributed by atoms with Crippen molar-refractivity contribution < 1.29 is 27.8 Å². The van der Waals surface area contributed by atoms with Gasteiger partial charge < -0.3 is 15.2 Å². The van der Waals surface area contributed by atoms with Gasteiger partial charge in [0.1, 0.15) is 17.3 Å². The number of hydrogen-bond donors (Lipinski definition) is 2. The zero-order valence-electron chi connectivity index (χ0n) is 22.2. The van der Waals surface area contributed by atoms with Crippen LogP contribution in [0.3, 0.4) is 0 Å². The third kappa shape index (κ3) is 9.52. The fourth-order valence-electron chi connectivity index (χ4n) is 4.50. The largest absolute Gasteiger partial charge is 0.507 e. The molecule has 0 amide bonds. The van der Waals surface area contributed by atoms with Crippen molar-refractivity contribution in [2.45, 2.75) is 91.2 Å². The van der Waals surface area contributed by atoms with E-state index in [4.69, 9.17) is 0 Å². The second-order valence-electron chi connectivity index (χ2n) is 9.39. The van der Waals surface area contributed by atoms with Crippen molar-refractivity contribution in [3.05, 3.63) is 34.9 Å². The van der Waals surface area contributed by atoms with E-state index in [-0.39, 0.29) is 5.75 Å². The van der Waals surface area contributed by atoms with Gasteiger partial charge in [0.15, 0.2) is 0 Å². The molecular formula is C28H40F3N3O3. The van der Waals surface area contributed by atoms with E-state index in [1.54, 1.807) is 6.92 Å². The zero-order valence-corrected chi connectivity index (χ0v) is 22.2. The van der Waals surface area contributed by atoms with Crippen molar-refractivity contribution >= 4 is 12.3 Å². The molecule has 1 aliphatic carbocycles. The van der Waals surface area contributed by atoms with Crippen molar-refractivity contribution in [1.82, 2.24) is 10.2 Å². The Balaban J connectivity index is 0.000000877. The number of carbonyl (C=O) groups is 1. The number of aromatic hydroxyl groups is 1. The highest BCUT2D eigenvalue weighted by molar-refractivity contribution is 5.74. The predicted octanol–water partition coefficient (Wildman–Crippen LogP) is 7.33. The van der Waals surface area contributed by atoms with Crippen molar-refractivity contribution in [2.75, 3.05) is 18.5 Å². The summed E-state index contributed by atoms with van der Waals surface area (Å²) in [6.45, 7) is 7.89. The predicted molar refractivity (Wildman–Crippen MR) is 139 cm³/mol. The summed E-state index contributed by atoms with van der Waals surface area (Å²) in [7, 11) is 0. The van der Waals surface area contributed by atoms with Gasteiger partial charge in [0.2, 0.25) is 0 Å². The molecule has 0 saturated carbocycles. The third-order valence-electron chi connectivity index (χ3n) is 6.63. The lowest BCUT2D eigenvalue weighted by Gasteiger charge is -2.18. The van der Waals surface area contributed by atoms with Crippen LogP contribution in [0.25, 0.3) is 11.3 Å². The van der Waals surface area contributed by atoms with Crippen LogP contribution in [0, 0.1) is 5.92 Å². The molecule has 1 aliphatic rings. The quantitative estimate of drug-likeness (QED) is 0.250. The number of carbonyl (C=O) groups excluding carboxylic acids is 1. The molecule has 0 fully saturated rings.